The van der Waals surface area contributed by atoms with E-state index in [1.807, 2.05) is 25.5 Å². The zero-order chi connectivity index (χ0) is 17.1. The average Bonchev–Trinajstić information content (AvgIpc) is 2.80. The first-order valence-electron chi connectivity index (χ1n) is 7.06. The van der Waals surface area contributed by atoms with Crippen molar-refractivity contribution in [3.8, 4) is 11.5 Å². The van der Waals surface area contributed by atoms with E-state index in [-0.39, 0.29) is 29.5 Å². The third-order valence-corrected chi connectivity index (χ3v) is 3.85. The molecular formula is C17H19NO5. The molecule has 0 bridgehead atoms. The van der Waals surface area contributed by atoms with Gasteiger partial charge in [0.25, 0.3) is 0 Å². The van der Waals surface area contributed by atoms with Crippen LogP contribution in [0.15, 0.2) is 24.3 Å². The zero-order valence-electron chi connectivity index (χ0n) is 13.5. The minimum atomic E-state index is -0.778. The van der Waals surface area contributed by atoms with Crippen LogP contribution in [-0.4, -0.2) is 35.1 Å². The van der Waals surface area contributed by atoms with Crippen molar-refractivity contribution in [2.75, 3.05) is 13.7 Å². The van der Waals surface area contributed by atoms with Gasteiger partial charge in [0.2, 0.25) is 5.78 Å². The summed E-state index contributed by atoms with van der Waals surface area (Å²) in [6.45, 7) is 3.33. The number of para-hydroxylation sites is 1. The first kappa shape index (κ1) is 16.6. The Morgan fingerprint density at radius 2 is 1.91 bits per heavy atom. The Kier molecular flexibility index (Phi) is 4.74. The van der Waals surface area contributed by atoms with Crippen molar-refractivity contribution in [1.82, 2.24) is 4.57 Å². The van der Waals surface area contributed by atoms with Crippen LogP contribution in [0, 0.1) is 13.8 Å². The lowest BCUT2D eigenvalue weighted by Crippen LogP contribution is -2.15. The van der Waals surface area contributed by atoms with Gasteiger partial charge in [0.15, 0.2) is 18.1 Å². The quantitative estimate of drug-likeness (QED) is 0.677. The van der Waals surface area contributed by atoms with E-state index in [1.54, 1.807) is 12.1 Å². The van der Waals surface area contributed by atoms with Gasteiger partial charge in [-0.3, -0.25) is 4.79 Å². The summed E-state index contributed by atoms with van der Waals surface area (Å²) in [6.07, 6.45) is 0. The molecule has 6 heteroatoms. The Labute approximate surface area is 134 Å². The van der Waals surface area contributed by atoms with Crippen LogP contribution in [0.5, 0.6) is 11.5 Å². The van der Waals surface area contributed by atoms with E-state index in [0.717, 1.165) is 11.4 Å². The Morgan fingerprint density at radius 1 is 1.22 bits per heavy atom. The van der Waals surface area contributed by atoms with E-state index < -0.39 is 5.97 Å². The summed E-state index contributed by atoms with van der Waals surface area (Å²) in [5.41, 5.74) is 2.24. The molecule has 0 amide bonds. The van der Waals surface area contributed by atoms with Crippen molar-refractivity contribution >= 4 is 11.8 Å². The molecule has 1 aromatic heterocycles. The lowest BCUT2D eigenvalue weighted by Gasteiger charge is -2.08. The number of aryl methyl sites for hydroxylation is 1. The third kappa shape index (κ3) is 3.21. The van der Waals surface area contributed by atoms with Gasteiger partial charge in [0.05, 0.1) is 7.11 Å². The maximum Gasteiger partial charge on any atom is 0.342 e. The van der Waals surface area contributed by atoms with E-state index in [4.69, 9.17) is 9.47 Å². The van der Waals surface area contributed by atoms with Crippen molar-refractivity contribution in [2.45, 2.75) is 13.8 Å². The van der Waals surface area contributed by atoms with E-state index >= 15 is 0 Å². The number of methoxy groups -OCH3 is 1. The number of phenolic OH excluding ortho intramolecular Hbond substituents is 1. The number of rotatable bonds is 5. The van der Waals surface area contributed by atoms with Gasteiger partial charge in [-0.15, -0.1) is 0 Å². The van der Waals surface area contributed by atoms with Gasteiger partial charge in [-0.05, 0) is 32.0 Å². The highest BCUT2D eigenvalue weighted by Crippen LogP contribution is 2.29. The first-order chi connectivity index (χ1) is 10.9. The molecule has 1 aromatic carbocycles. The Hall–Kier alpha value is -2.76. The van der Waals surface area contributed by atoms with E-state index in [0.29, 0.717) is 5.56 Å². The van der Waals surface area contributed by atoms with Gasteiger partial charge in [0.1, 0.15) is 5.56 Å². The minimum Gasteiger partial charge on any atom is -0.504 e. The SMILES string of the molecule is COc1cccc(C(=O)OCC(=O)c2cc(C)n(C)c2C)c1O. The second-order valence-electron chi connectivity index (χ2n) is 5.20. The van der Waals surface area contributed by atoms with Crippen molar-refractivity contribution in [2.24, 2.45) is 7.05 Å². The van der Waals surface area contributed by atoms with E-state index in [2.05, 4.69) is 0 Å². The minimum absolute atomic E-state index is 0.0434. The molecule has 0 aliphatic carbocycles. The summed E-state index contributed by atoms with van der Waals surface area (Å²) in [5, 5.41) is 9.91. The molecule has 0 atom stereocenters. The Morgan fingerprint density at radius 3 is 2.48 bits per heavy atom. The maximum absolute atomic E-state index is 12.2. The molecular weight excluding hydrogens is 298 g/mol. The molecule has 0 radical (unpaired) electrons. The molecule has 1 N–H and O–H groups in total. The number of ether oxygens (including phenoxy) is 2. The molecule has 0 spiro atoms. The standard InChI is InChI=1S/C17H19NO5/c1-10-8-13(11(2)18(10)3)14(19)9-23-17(21)12-6-5-7-15(22-4)16(12)20/h5-8,20H,9H2,1-4H3. The van der Waals surface area contributed by atoms with Crippen molar-refractivity contribution in [3.05, 3.63) is 46.8 Å². The number of aromatic nitrogens is 1. The van der Waals surface area contributed by atoms with Crippen LogP contribution in [0.25, 0.3) is 0 Å². The monoisotopic (exact) mass is 317 g/mol. The molecule has 0 saturated heterocycles. The highest BCUT2D eigenvalue weighted by Gasteiger charge is 2.19. The van der Waals surface area contributed by atoms with Gasteiger partial charge >= 0.3 is 5.97 Å². The van der Waals surface area contributed by atoms with E-state index in [1.165, 1.54) is 19.2 Å². The number of phenols is 1. The largest absolute Gasteiger partial charge is 0.504 e. The van der Waals surface area contributed by atoms with E-state index in [9.17, 15) is 14.7 Å². The summed E-state index contributed by atoms with van der Waals surface area (Å²) in [4.78, 5) is 24.2. The number of benzene rings is 1. The van der Waals surface area contributed by atoms with Crippen molar-refractivity contribution in [3.63, 3.8) is 0 Å². The van der Waals surface area contributed by atoms with Gasteiger partial charge < -0.3 is 19.1 Å². The molecule has 0 saturated carbocycles. The fraction of sp³-hybridized carbons (Fsp3) is 0.294. The summed E-state index contributed by atoms with van der Waals surface area (Å²) >= 11 is 0. The second kappa shape index (κ2) is 6.56. The fourth-order valence-corrected chi connectivity index (χ4v) is 2.28. The molecule has 6 nitrogen and oxygen atoms in total. The number of hydrogen-bond acceptors (Lipinski definition) is 5. The summed E-state index contributed by atoms with van der Waals surface area (Å²) < 4.78 is 11.8. The number of esters is 1. The molecule has 0 unspecified atom stereocenters. The molecule has 0 fully saturated rings. The highest BCUT2D eigenvalue weighted by molar-refractivity contribution is 6.01. The van der Waals surface area contributed by atoms with Crippen LogP contribution >= 0.6 is 0 Å². The molecule has 2 aromatic rings. The van der Waals surface area contributed by atoms with Gasteiger partial charge in [-0.1, -0.05) is 6.07 Å². The van der Waals surface area contributed by atoms with Crippen LogP contribution in [-0.2, 0) is 11.8 Å². The van der Waals surface area contributed by atoms with Crippen molar-refractivity contribution < 1.29 is 24.2 Å². The number of hydrogen-bond donors (Lipinski definition) is 1. The number of carbonyl (C=O) groups is 2. The molecule has 23 heavy (non-hydrogen) atoms. The topological polar surface area (TPSA) is 77.8 Å². The van der Waals surface area contributed by atoms with Gasteiger partial charge in [-0.25, -0.2) is 4.79 Å². The molecule has 122 valence electrons. The van der Waals surface area contributed by atoms with Crippen LogP contribution in [0.4, 0.5) is 0 Å². The summed E-state index contributed by atoms with van der Waals surface area (Å²) in [5.74, 6) is -1.21. The van der Waals surface area contributed by atoms with Gasteiger partial charge in [0, 0.05) is 24.0 Å². The predicted molar refractivity (Wildman–Crippen MR) is 84.2 cm³/mol. The number of ketones is 1. The van der Waals surface area contributed by atoms with Crippen LogP contribution in [0.3, 0.4) is 0 Å². The number of carbonyl (C=O) groups excluding carboxylic acids is 2. The molecule has 0 aliphatic rings. The smallest absolute Gasteiger partial charge is 0.342 e. The molecule has 2 rings (SSSR count). The fourth-order valence-electron chi connectivity index (χ4n) is 2.28. The molecule has 1 heterocycles. The third-order valence-electron chi connectivity index (χ3n) is 3.85. The highest BCUT2D eigenvalue weighted by atomic mass is 16.5. The van der Waals surface area contributed by atoms with Gasteiger partial charge in [-0.2, -0.15) is 0 Å². The Balaban J connectivity index is 2.10. The van der Waals surface area contributed by atoms with Crippen LogP contribution < -0.4 is 4.74 Å². The lowest BCUT2D eigenvalue weighted by molar-refractivity contribution is 0.0471. The first-order valence-corrected chi connectivity index (χ1v) is 7.06. The van der Waals surface area contributed by atoms with Crippen LogP contribution in [0.1, 0.15) is 32.1 Å². The normalized spacial score (nSPS) is 10.4. The predicted octanol–water partition coefficient (Wildman–Crippen LogP) is 2.40. The number of Topliss-reactive ketones (excluding diaryl/α,β-unsaturated/α-hetero) is 1. The summed E-state index contributed by atoms with van der Waals surface area (Å²) in [7, 11) is 3.25. The number of aromatic hydroxyl groups is 1. The lowest BCUT2D eigenvalue weighted by atomic mass is 10.1. The van der Waals surface area contributed by atoms with Crippen LogP contribution in [0.2, 0.25) is 0 Å². The molecule has 0 aliphatic heterocycles. The zero-order valence-corrected chi connectivity index (χ0v) is 13.5. The maximum atomic E-state index is 12.2. The number of nitrogens with zero attached hydrogens (tertiary/aromatic N) is 1. The Bertz CT molecular complexity index is 761. The average molecular weight is 317 g/mol. The van der Waals surface area contributed by atoms with Crippen molar-refractivity contribution in [1.29, 1.82) is 0 Å². The second-order valence-corrected chi connectivity index (χ2v) is 5.20. The summed E-state index contributed by atoms with van der Waals surface area (Å²) in [6, 6.07) is 6.24.